The molecular formula is C2H4N6O. The number of azide groups is 1. The Morgan fingerprint density at radius 1 is 1.89 bits per heavy atom. The molecule has 2 N–H and O–H groups in total. The number of carbonyl (C=O) groups excluding carboxylic acids is 1. The molecule has 48 valence electrons. The monoisotopic (exact) mass is 128 g/mol. The first-order valence-corrected chi connectivity index (χ1v) is 1.97. The Kier molecular flexibility index (Phi) is 3.72. The number of nitrogens with zero attached hydrogens (tertiary/aromatic N) is 4. The van der Waals surface area contributed by atoms with E-state index in [2.05, 4.69) is 15.2 Å². The van der Waals surface area contributed by atoms with Crippen molar-refractivity contribution in [1.82, 2.24) is 5.43 Å². The smallest absolute Gasteiger partial charge is 0.247 e. The molecule has 0 radical (unpaired) electrons. The molecule has 0 aliphatic heterocycles. The van der Waals surface area contributed by atoms with E-state index in [0.29, 0.717) is 0 Å². The van der Waals surface area contributed by atoms with Gasteiger partial charge in [0.2, 0.25) is 5.91 Å². The van der Waals surface area contributed by atoms with Crippen LogP contribution in [0.3, 0.4) is 0 Å². The topological polar surface area (TPSA) is 114 Å². The standard InChI is InChI=1S/C2H4N6O/c3-7-5-1-2(9)6-8-4/h1H2,(H2,4,6,9). The third kappa shape index (κ3) is 4.23. The molecule has 9 heavy (non-hydrogen) atoms. The number of carbonyl (C=O) groups is 1. The van der Waals surface area contributed by atoms with Crippen molar-refractivity contribution in [3.8, 4) is 0 Å². The Morgan fingerprint density at radius 2 is 2.56 bits per heavy atom. The molecule has 0 heterocycles. The van der Waals surface area contributed by atoms with Gasteiger partial charge < -0.3 is 0 Å². The van der Waals surface area contributed by atoms with Crippen molar-refractivity contribution < 1.29 is 4.79 Å². The third-order valence-electron chi connectivity index (χ3n) is 0.458. The number of hydrogen-bond acceptors (Lipinski definition) is 4. The van der Waals surface area contributed by atoms with Crippen molar-refractivity contribution in [3.05, 3.63) is 10.4 Å². The second-order valence-electron chi connectivity index (χ2n) is 1.04. The molecule has 0 rings (SSSR count). The van der Waals surface area contributed by atoms with Crippen molar-refractivity contribution in [1.29, 1.82) is 5.53 Å². The van der Waals surface area contributed by atoms with Gasteiger partial charge in [0.15, 0.2) is 0 Å². The Labute approximate surface area is 50.2 Å². The summed E-state index contributed by atoms with van der Waals surface area (Å²) in [5.41, 5.74) is 15.6. The maximum Gasteiger partial charge on any atom is 0.247 e. The van der Waals surface area contributed by atoms with E-state index >= 15 is 0 Å². The highest BCUT2D eigenvalue weighted by Gasteiger charge is 1.92. The van der Waals surface area contributed by atoms with Gasteiger partial charge in [0.25, 0.3) is 0 Å². The van der Waals surface area contributed by atoms with Crippen LogP contribution in [0.1, 0.15) is 0 Å². The zero-order chi connectivity index (χ0) is 7.11. The van der Waals surface area contributed by atoms with Crippen molar-refractivity contribution in [3.63, 3.8) is 0 Å². The van der Waals surface area contributed by atoms with Gasteiger partial charge in [-0.15, -0.1) is 0 Å². The molecule has 1 amide bonds. The van der Waals surface area contributed by atoms with Gasteiger partial charge >= 0.3 is 0 Å². The Hall–Kier alpha value is -1.62. The van der Waals surface area contributed by atoms with Gasteiger partial charge in [-0.05, 0) is 5.53 Å². The van der Waals surface area contributed by atoms with Gasteiger partial charge in [0.05, 0.1) is 0 Å². The molecule has 0 aliphatic carbocycles. The lowest BCUT2D eigenvalue weighted by Crippen LogP contribution is -2.18. The highest BCUT2D eigenvalue weighted by molar-refractivity contribution is 5.77. The summed E-state index contributed by atoms with van der Waals surface area (Å²) in [5, 5.41) is 5.47. The molecule has 0 aliphatic rings. The molecule has 0 aromatic rings. The SMILES string of the molecule is [N-]=[N+]=NCC(=O)NN=N. The molecule has 7 nitrogen and oxygen atoms in total. The highest BCUT2D eigenvalue weighted by Crippen LogP contribution is 1.70. The molecule has 0 atom stereocenters. The quantitative estimate of drug-likeness (QED) is 0.243. The normalized spacial score (nSPS) is 7.11. The summed E-state index contributed by atoms with van der Waals surface area (Å²) in [6, 6.07) is 0. The second-order valence-corrected chi connectivity index (χ2v) is 1.04. The predicted molar refractivity (Wildman–Crippen MR) is 27.3 cm³/mol. The number of nitrogens with one attached hydrogen (secondary N) is 2. The summed E-state index contributed by atoms with van der Waals surface area (Å²) in [5.74, 6) is -0.595. The maximum absolute atomic E-state index is 10.2. The van der Waals surface area contributed by atoms with Crippen molar-refractivity contribution in [2.24, 2.45) is 10.3 Å². The summed E-state index contributed by atoms with van der Waals surface area (Å²) in [4.78, 5) is 12.5. The van der Waals surface area contributed by atoms with Gasteiger partial charge in [-0.25, -0.2) is 5.43 Å². The number of rotatable bonds is 3. The Balaban J connectivity index is 3.50. The fraction of sp³-hybridized carbons (Fsp3) is 0.500. The predicted octanol–water partition coefficient (Wildman–Crippen LogP) is 0.359. The lowest BCUT2D eigenvalue weighted by Gasteiger charge is -1.87. The molecule has 0 spiro atoms. The van der Waals surface area contributed by atoms with Gasteiger partial charge in [0.1, 0.15) is 6.54 Å². The van der Waals surface area contributed by atoms with Gasteiger partial charge in [-0.2, -0.15) is 5.53 Å². The zero-order valence-electron chi connectivity index (χ0n) is 4.40. The van der Waals surface area contributed by atoms with E-state index in [9.17, 15) is 4.79 Å². The molecule has 0 saturated heterocycles. The molecule has 7 heteroatoms. The van der Waals surface area contributed by atoms with Gasteiger partial charge in [-0.1, -0.05) is 10.3 Å². The van der Waals surface area contributed by atoms with Crippen LogP contribution < -0.4 is 5.43 Å². The summed E-state index contributed by atoms with van der Waals surface area (Å²) < 4.78 is 0. The molecule has 0 saturated carbocycles. The van der Waals surface area contributed by atoms with E-state index in [-0.39, 0.29) is 6.54 Å². The second kappa shape index (κ2) is 4.54. The minimum atomic E-state index is -0.595. The van der Waals surface area contributed by atoms with E-state index in [4.69, 9.17) is 11.1 Å². The minimum Gasteiger partial charge on any atom is -0.273 e. The van der Waals surface area contributed by atoms with Crippen LogP contribution >= 0.6 is 0 Å². The van der Waals surface area contributed by atoms with E-state index in [1.165, 1.54) is 0 Å². The fourth-order valence-corrected chi connectivity index (χ4v) is 0.194. The molecule has 0 aromatic heterocycles. The lowest BCUT2D eigenvalue weighted by molar-refractivity contribution is -0.119. The Bertz CT molecular complexity index is 156. The third-order valence-corrected chi connectivity index (χ3v) is 0.458. The first kappa shape index (κ1) is 7.38. The van der Waals surface area contributed by atoms with Crippen molar-refractivity contribution in [2.75, 3.05) is 6.54 Å². The van der Waals surface area contributed by atoms with Crippen molar-refractivity contribution in [2.45, 2.75) is 0 Å². The summed E-state index contributed by atoms with van der Waals surface area (Å²) in [6.07, 6.45) is 0. The van der Waals surface area contributed by atoms with Gasteiger partial charge in [-0.3, -0.25) is 4.79 Å². The summed E-state index contributed by atoms with van der Waals surface area (Å²) in [6.45, 7) is -0.321. The average Bonchev–Trinajstić information content (AvgIpc) is 1.85. The van der Waals surface area contributed by atoms with Crippen LogP contribution in [0, 0.1) is 5.53 Å². The van der Waals surface area contributed by atoms with Crippen LogP contribution in [0.15, 0.2) is 10.3 Å². The first-order chi connectivity index (χ1) is 4.31. The molecule has 0 aromatic carbocycles. The van der Waals surface area contributed by atoms with E-state index in [0.717, 1.165) is 0 Å². The van der Waals surface area contributed by atoms with E-state index in [1.54, 1.807) is 5.43 Å². The first-order valence-electron chi connectivity index (χ1n) is 1.97. The molecule has 0 fully saturated rings. The molecule has 0 unspecified atom stereocenters. The molecular weight excluding hydrogens is 124 g/mol. The van der Waals surface area contributed by atoms with E-state index in [1.807, 2.05) is 0 Å². The summed E-state index contributed by atoms with van der Waals surface area (Å²) in [7, 11) is 0. The van der Waals surface area contributed by atoms with Crippen LogP contribution in [0.5, 0.6) is 0 Å². The van der Waals surface area contributed by atoms with E-state index < -0.39 is 5.91 Å². The largest absolute Gasteiger partial charge is 0.273 e. The van der Waals surface area contributed by atoms with Crippen LogP contribution in [-0.4, -0.2) is 12.5 Å². The van der Waals surface area contributed by atoms with Crippen LogP contribution in [0.4, 0.5) is 0 Å². The molecule has 0 bridgehead atoms. The number of amides is 1. The average molecular weight is 128 g/mol. The zero-order valence-corrected chi connectivity index (χ0v) is 4.40. The maximum atomic E-state index is 10.2. The van der Waals surface area contributed by atoms with Crippen LogP contribution in [-0.2, 0) is 4.79 Å². The summed E-state index contributed by atoms with van der Waals surface area (Å²) >= 11 is 0. The minimum absolute atomic E-state index is 0.321. The van der Waals surface area contributed by atoms with Crippen molar-refractivity contribution >= 4 is 5.91 Å². The fourth-order valence-electron chi connectivity index (χ4n) is 0.194. The van der Waals surface area contributed by atoms with Crippen LogP contribution in [0.25, 0.3) is 10.4 Å². The Morgan fingerprint density at radius 3 is 3.00 bits per heavy atom. The lowest BCUT2D eigenvalue weighted by atomic mass is 10.6. The van der Waals surface area contributed by atoms with Crippen LogP contribution in [0.2, 0.25) is 0 Å². The number of hydrogen-bond donors (Lipinski definition) is 2. The van der Waals surface area contributed by atoms with Gasteiger partial charge in [0, 0.05) is 4.91 Å². The highest BCUT2D eigenvalue weighted by atomic mass is 16.2.